The van der Waals surface area contributed by atoms with Gasteiger partial charge in [0.05, 0.1) is 11.1 Å². The van der Waals surface area contributed by atoms with E-state index in [1.807, 2.05) is 19.9 Å². The van der Waals surface area contributed by atoms with Crippen molar-refractivity contribution in [1.29, 1.82) is 0 Å². The number of hydrogen-bond acceptors (Lipinski definition) is 2. The van der Waals surface area contributed by atoms with Crippen molar-refractivity contribution in [1.82, 2.24) is 0 Å². The first-order valence-electron chi connectivity index (χ1n) is 10.5. The topological polar surface area (TPSA) is 74.6 Å². The van der Waals surface area contributed by atoms with Gasteiger partial charge in [-0.15, -0.1) is 0 Å². The van der Waals surface area contributed by atoms with Crippen LogP contribution in [-0.4, -0.2) is 22.2 Å². The lowest BCUT2D eigenvalue weighted by Gasteiger charge is -2.17. The summed E-state index contributed by atoms with van der Waals surface area (Å²) in [5.41, 5.74) is 1.57. The fourth-order valence-electron chi connectivity index (χ4n) is 3.62. The molecule has 0 saturated carbocycles. The fourth-order valence-corrected chi connectivity index (χ4v) is 3.62. The van der Waals surface area contributed by atoms with Crippen LogP contribution in [0.25, 0.3) is 0 Å². The van der Waals surface area contributed by atoms with Crippen molar-refractivity contribution in [2.75, 3.05) is 0 Å². The molecule has 0 atom stereocenters. The first-order valence-corrected chi connectivity index (χ1v) is 10.5. The lowest BCUT2D eigenvalue weighted by Crippen LogP contribution is -2.15. The fraction of sp³-hybridized carbons (Fsp3) is 0.652. The number of aromatic carboxylic acids is 2. The first kappa shape index (κ1) is 23.2. The van der Waals surface area contributed by atoms with Crippen LogP contribution in [0, 0.1) is 5.92 Å². The Kier molecular flexibility index (Phi) is 10.8. The predicted molar refractivity (Wildman–Crippen MR) is 110 cm³/mol. The van der Waals surface area contributed by atoms with Crippen LogP contribution < -0.4 is 0 Å². The van der Waals surface area contributed by atoms with Crippen molar-refractivity contribution in [3.8, 4) is 0 Å². The summed E-state index contributed by atoms with van der Waals surface area (Å²) in [6.45, 7) is 6.29. The van der Waals surface area contributed by atoms with Crippen molar-refractivity contribution in [2.24, 2.45) is 5.92 Å². The Morgan fingerprint density at radius 2 is 1.41 bits per heavy atom. The molecule has 0 bridgehead atoms. The molecule has 4 heteroatoms. The van der Waals surface area contributed by atoms with Crippen LogP contribution in [-0.2, 0) is 12.8 Å². The van der Waals surface area contributed by atoms with Crippen molar-refractivity contribution >= 4 is 11.9 Å². The quantitative estimate of drug-likeness (QED) is 0.371. The molecule has 0 unspecified atom stereocenters. The Bertz CT molecular complexity index is 605. The molecule has 4 nitrogen and oxygen atoms in total. The lowest BCUT2D eigenvalue weighted by molar-refractivity contribution is 0.0650. The average Bonchev–Trinajstić information content (AvgIpc) is 2.60. The Hall–Kier alpha value is -1.84. The number of carbonyl (C=O) groups is 2. The summed E-state index contributed by atoms with van der Waals surface area (Å²) in [5, 5.41) is 19.0. The number of benzene rings is 1. The second-order valence-corrected chi connectivity index (χ2v) is 7.91. The number of carboxylic acids is 2. The summed E-state index contributed by atoms with van der Waals surface area (Å²) in [6, 6.07) is 3.27. The minimum absolute atomic E-state index is 0.0235. The Morgan fingerprint density at radius 3 is 1.89 bits per heavy atom. The van der Waals surface area contributed by atoms with Gasteiger partial charge in [0.25, 0.3) is 0 Å². The largest absolute Gasteiger partial charge is 0.478 e. The van der Waals surface area contributed by atoms with Crippen LogP contribution in [0.3, 0.4) is 0 Å². The third-order valence-corrected chi connectivity index (χ3v) is 5.02. The van der Waals surface area contributed by atoms with E-state index in [2.05, 4.69) is 6.92 Å². The Labute approximate surface area is 164 Å². The van der Waals surface area contributed by atoms with Crippen LogP contribution in [0.5, 0.6) is 0 Å². The third kappa shape index (κ3) is 8.15. The predicted octanol–water partition coefficient (Wildman–Crippen LogP) is 6.35. The number of rotatable bonds is 14. The Balaban J connectivity index is 2.70. The molecule has 1 aromatic carbocycles. The molecule has 0 aromatic heterocycles. The maximum Gasteiger partial charge on any atom is 0.336 e. The van der Waals surface area contributed by atoms with E-state index >= 15 is 0 Å². The smallest absolute Gasteiger partial charge is 0.336 e. The van der Waals surface area contributed by atoms with E-state index in [0.29, 0.717) is 12.0 Å². The minimum atomic E-state index is -1.17. The van der Waals surface area contributed by atoms with Gasteiger partial charge >= 0.3 is 11.9 Å². The maximum atomic E-state index is 11.7. The number of aryl methyl sites for hydroxylation is 1. The molecular weight excluding hydrogens is 340 g/mol. The molecule has 0 fully saturated rings. The van der Waals surface area contributed by atoms with Crippen molar-refractivity contribution in [3.05, 3.63) is 34.4 Å². The van der Waals surface area contributed by atoms with E-state index in [1.54, 1.807) is 0 Å². The second-order valence-electron chi connectivity index (χ2n) is 7.91. The van der Waals surface area contributed by atoms with Crippen molar-refractivity contribution < 1.29 is 19.8 Å². The summed E-state index contributed by atoms with van der Waals surface area (Å²) in [5.74, 6) is -2.04. The highest BCUT2D eigenvalue weighted by atomic mass is 16.4. The molecule has 152 valence electrons. The second kappa shape index (κ2) is 12.5. The molecule has 2 N–H and O–H groups in total. The standard InChI is InChI=1S/C23H36O4/c1-4-5-6-7-8-9-10-11-12-13-18-14-15-19(22(24)25)21(23(26)27)20(18)16-17(2)3/h14-15,17H,4-13,16H2,1-3H3,(H,24,25)(H,26,27). The van der Waals surface area contributed by atoms with Crippen LogP contribution in [0.4, 0.5) is 0 Å². The van der Waals surface area contributed by atoms with Gasteiger partial charge in [-0.1, -0.05) is 78.2 Å². The molecule has 0 aliphatic heterocycles. The molecule has 1 rings (SSSR count). The zero-order chi connectivity index (χ0) is 20.2. The summed E-state index contributed by atoms with van der Waals surface area (Å²) < 4.78 is 0. The minimum Gasteiger partial charge on any atom is -0.478 e. The molecule has 0 saturated heterocycles. The van der Waals surface area contributed by atoms with Gasteiger partial charge in [0.1, 0.15) is 0 Å². The van der Waals surface area contributed by atoms with E-state index in [-0.39, 0.29) is 17.0 Å². The highest BCUT2D eigenvalue weighted by Gasteiger charge is 2.23. The number of hydrogen-bond donors (Lipinski definition) is 2. The van der Waals surface area contributed by atoms with Crippen LogP contribution >= 0.6 is 0 Å². The molecule has 0 aliphatic carbocycles. The SMILES string of the molecule is CCCCCCCCCCCc1ccc(C(=O)O)c(C(=O)O)c1CC(C)C. The lowest BCUT2D eigenvalue weighted by atomic mass is 9.88. The van der Waals surface area contributed by atoms with E-state index in [0.717, 1.165) is 24.8 Å². The van der Waals surface area contributed by atoms with Gasteiger partial charge in [0.15, 0.2) is 0 Å². The van der Waals surface area contributed by atoms with Crippen molar-refractivity contribution in [3.63, 3.8) is 0 Å². The monoisotopic (exact) mass is 376 g/mol. The average molecular weight is 377 g/mol. The zero-order valence-corrected chi connectivity index (χ0v) is 17.2. The van der Waals surface area contributed by atoms with Crippen LogP contribution in [0.15, 0.2) is 12.1 Å². The van der Waals surface area contributed by atoms with Crippen LogP contribution in [0.2, 0.25) is 0 Å². The van der Waals surface area contributed by atoms with E-state index in [9.17, 15) is 19.8 Å². The van der Waals surface area contributed by atoms with Gasteiger partial charge in [-0.25, -0.2) is 9.59 Å². The summed E-state index contributed by atoms with van der Waals surface area (Å²) in [6.07, 6.45) is 12.6. The van der Waals surface area contributed by atoms with Gasteiger partial charge < -0.3 is 10.2 Å². The van der Waals surface area contributed by atoms with Gasteiger partial charge in [-0.2, -0.15) is 0 Å². The molecule has 0 aliphatic rings. The van der Waals surface area contributed by atoms with Crippen LogP contribution in [0.1, 0.15) is 110 Å². The number of unbranched alkanes of at least 4 members (excludes halogenated alkanes) is 8. The van der Waals surface area contributed by atoms with Crippen molar-refractivity contribution in [2.45, 2.75) is 91.4 Å². The molecular formula is C23H36O4. The molecule has 27 heavy (non-hydrogen) atoms. The highest BCUT2D eigenvalue weighted by Crippen LogP contribution is 2.25. The highest BCUT2D eigenvalue weighted by molar-refractivity contribution is 6.03. The molecule has 0 radical (unpaired) electrons. The Morgan fingerprint density at radius 1 is 0.852 bits per heavy atom. The zero-order valence-electron chi connectivity index (χ0n) is 17.2. The molecule has 0 heterocycles. The normalized spacial score (nSPS) is 11.1. The van der Waals surface area contributed by atoms with Gasteiger partial charge in [-0.3, -0.25) is 0 Å². The molecule has 0 amide bonds. The third-order valence-electron chi connectivity index (χ3n) is 5.02. The van der Waals surface area contributed by atoms with E-state index in [1.165, 1.54) is 51.0 Å². The maximum absolute atomic E-state index is 11.7. The van der Waals surface area contributed by atoms with Gasteiger partial charge in [-0.05, 0) is 42.4 Å². The van der Waals surface area contributed by atoms with Gasteiger partial charge in [0, 0.05) is 0 Å². The summed E-state index contributed by atoms with van der Waals surface area (Å²) >= 11 is 0. The summed E-state index contributed by atoms with van der Waals surface area (Å²) in [7, 11) is 0. The molecule has 0 spiro atoms. The van der Waals surface area contributed by atoms with E-state index in [4.69, 9.17) is 0 Å². The first-order chi connectivity index (χ1) is 12.9. The molecule has 1 aromatic rings. The van der Waals surface area contributed by atoms with E-state index < -0.39 is 11.9 Å². The van der Waals surface area contributed by atoms with Gasteiger partial charge in [0.2, 0.25) is 0 Å². The number of carboxylic acid groups (broad SMARTS) is 2. The summed E-state index contributed by atoms with van der Waals surface area (Å²) in [4.78, 5) is 23.2.